The number of hydrogen-bond acceptors (Lipinski definition) is 5. The van der Waals surface area contributed by atoms with Crippen LogP contribution in [0, 0.1) is 5.82 Å². The summed E-state index contributed by atoms with van der Waals surface area (Å²) in [6.45, 7) is 0. The van der Waals surface area contributed by atoms with E-state index in [-0.39, 0.29) is 33.4 Å². The second kappa shape index (κ2) is 8.79. The summed E-state index contributed by atoms with van der Waals surface area (Å²) in [7, 11) is -2.50. The van der Waals surface area contributed by atoms with E-state index >= 15 is 0 Å². The maximum Gasteiger partial charge on any atom is 0.261 e. The van der Waals surface area contributed by atoms with Crippen molar-refractivity contribution in [3.8, 4) is 11.5 Å². The molecule has 0 radical (unpaired) electrons. The maximum atomic E-state index is 13.0. The third-order valence-corrected chi connectivity index (χ3v) is 5.55. The lowest BCUT2D eigenvalue weighted by Crippen LogP contribution is -2.13. The fraction of sp³-hybridized carbons (Fsp3) is 0.0455. The molecule has 0 unspecified atom stereocenters. The third-order valence-electron chi connectivity index (χ3n) is 4.15. The van der Waals surface area contributed by atoms with Gasteiger partial charge in [-0.15, -0.1) is 0 Å². The highest BCUT2D eigenvalue weighted by atomic mass is 32.2. The molecule has 0 atom stereocenters. The number of sulfonamides is 1. The van der Waals surface area contributed by atoms with E-state index < -0.39 is 15.8 Å². The number of phenols is 1. The molecule has 0 aromatic heterocycles. The minimum atomic E-state index is -3.92. The lowest BCUT2D eigenvalue weighted by atomic mass is 10.1. The number of carbonyl (C=O) groups excluding carboxylic acids is 1. The molecule has 154 valence electrons. The predicted molar refractivity (Wildman–Crippen MR) is 112 cm³/mol. The van der Waals surface area contributed by atoms with Crippen LogP contribution in [-0.4, -0.2) is 26.4 Å². The van der Waals surface area contributed by atoms with Gasteiger partial charge in [-0.2, -0.15) is 0 Å². The van der Waals surface area contributed by atoms with Crippen LogP contribution in [0.15, 0.2) is 77.7 Å². The van der Waals surface area contributed by atoms with Crippen LogP contribution in [0.3, 0.4) is 0 Å². The van der Waals surface area contributed by atoms with Crippen LogP contribution in [-0.2, 0) is 10.0 Å². The van der Waals surface area contributed by atoms with Gasteiger partial charge in [-0.3, -0.25) is 9.52 Å². The molecule has 3 rings (SSSR count). The quantitative estimate of drug-likeness (QED) is 0.435. The molecule has 0 saturated heterocycles. The van der Waals surface area contributed by atoms with E-state index in [0.29, 0.717) is 5.56 Å². The molecule has 0 fully saturated rings. The number of carbonyl (C=O) groups is 1. The van der Waals surface area contributed by atoms with Gasteiger partial charge in [0.1, 0.15) is 5.82 Å². The van der Waals surface area contributed by atoms with Crippen molar-refractivity contribution in [2.24, 2.45) is 0 Å². The van der Waals surface area contributed by atoms with Gasteiger partial charge >= 0.3 is 0 Å². The zero-order valence-corrected chi connectivity index (χ0v) is 16.7. The number of ketones is 1. The van der Waals surface area contributed by atoms with Gasteiger partial charge in [0.15, 0.2) is 17.3 Å². The van der Waals surface area contributed by atoms with Gasteiger partial charge in [0, 0.05) is 11.3 Å². The smallest absolute Gasteiger partial charge is 0.261 e. The summed E-state index contributed by atoms with van der Waals surface area (Å²) < 4.78 is 45.3. The molecule has 0 aliphatic rings. The van der Waals surface area contributed by atoms with Crippen molar-refractivity contribution in [2.45, 2.75) is 4.90 Å². The van der Waals surface area contributed by atoms with Crippen molar-refractivity contribution in [1.29, 1.82) is 0 Å². The Labute approximate surface area is 173 Å². The standard InChI is InChI=1S/C22H18FNO5S/c1-29-22-13-15(6-12-21(22)26)5-11-20(25)16-3-2-4-18(14-16)24-30(27,28)19-9-7-17(23)8-10-19/h2-14,24,26H,1H3/b11-5+. The molecule has 2 N–H and O–H groups in total. The molecular formula is C22H18FNO5S. The molecule has 3 aromatic carbocycles. The van der Waals surface area contributed by atoms with Gasteiger partial charge in [-0.25, -0.2) is 12.8 Å². The van der Waals surface area contributed by atoms with E-state index in [1.54, 1.807) is 30.3 Å². The highest BCUT2D eigenvalue weighted by Crippen LogP contribution is 2.27. The first-order valence-electron chi connectivity index (χ1n) is 8.76. The number of methoxy groups -OCH3 is 1. The topological polar surface area (TPSA) is 92.7 Å². The Balaban J connectivity index is 1.77. The molecule has 0 bridgehead atoms. The van der Waals surface area contributed by atoms with Crippen molar-refractivity contribution in [1.82, 2.24) is 0 Å². The number of nitrogens with one attached hydrogen (secondary N) is 1. The number of allylic oxidation sites excluding steroid dienone is 1. The Bertz CT molecular complexity index is 1200. The maximum absolute atomic E-state index is 13.0. The molecule has 3 aromatic rings. The lowest BCUT2D eigenvalue weighted by molar-refractivity contribution is 0.104. The van der Waals surface area contributed by atoms with Gasteiger partial charge in [0.25, 0.3) is 10.0 Å². The monoisotopic (exact) mass is 427 g/mol. The number of phenolic OH excluding ortho intramolecular Hbond substituents is 1. The largest absolute Gasteiger partial charge is 0.504 e. The summed E-state index contributed by atoms with van der Waals surface area (Å²) in [6.07, 6.45) is 2.89. The molecule has 0 spiro atoms. The SMILES string of the molecule is COc1cc(/C=C/C(=O)c2cccc(NS(=O)(=O)c3ccc(F)cc3)c2)ccc1O. The summed E-state index contributed by atoms with van der Waals surface area (Å²) >= 11 is 0. The van der Waals surface area contributed by atoms with Gasteiger partial charge in [-0.1, -0.05) is 24.3 Å². The zero-order valence-electron chi connectivity index (χ0n) is 15.9. The first-order valence-corrected chi connectivity index (χ1v) is 10.2. The van der Waals surface area contributed by atoms with E-state index in [0.717, 1.165) is 24.3 Å². The van der Waals surface area contributed by atoms with Crippen molar-refractivity contribution in [3.05, 3.63) is 89.8 Å². The van der Waals surface area contributed by atoms with E-state index in [1.165, 1.54) is 31.4 Å². The predicted octanol–water partition coefficient (Wildman–Crippen LogP) is 4.24. The molecular weight excluding hydrogens is 409 g/mol. The van der Waals surface area contributed by atoms with Crippen molar-refractivity contribution >= 4 is 27.6 Å². The summed E-state index contributed by atoms with van der Waals surface area (Å²) in [4.78, 5) is 12.4. The first kappa shape index (κ1) is 21.1. The fourth-order valence-corrected chi connectivity index (χ4v) is 3.68. The number of benzene rings is 3. The second-order valence-electron chi connectivity index (χ2n) is 6.27. The second-order valence-corrected chi connectivity index (χ2v) is 7.95. The van der Waals surface area contributed by atoms with Crippen molar-refractivity contribution in [2.75, 3.05) is 11.8 Å². The minimum Gasteiger partial charge on any atom is -0.504 e. The van der Waals surface area contributed by atoms with Gasteiger partial charge in [0.05, 0.1) is 12.0 Å². The van der Waals surface area contributed by atoms with Crippen LogP contribution < -0.4 is 9.46 Å². The van der Waals surface area contributed by atoms with Crippen LogP contribution >= 0.6 is 0 Å². The Morgan fingerprint density at radius 1 is 1.07 bits per heavy atom. The minimum absolute atomic E-state index is 0.0119. The Morgan fingerprint density at radius 2 is 1.80 bits per heavy atom. The van der Waals surface area contributed by atoms with Gasteiger partial charge < -0.3 is 9.84 Å². The van der Waals surface area contributed by atoms with E-state index in [2.05, 4.69) is 4.72 Å². The third kappa shape index (κ3) is 5.03. The normalized spacial score (nSPS) is 11.4. The lowest BCUT2D eigenvalue weighted by Gasteiger charge is -2.09. The van der Waals surface area contributed by atoms with Crippen LogP contribution in [0.1, 0.15) is 15.9 Å². The Morgan fingerprint density at radius 3 is 2.50 bits per heavy atom. The average molecular weight is 427 g/mol. The van der Waals surface area contributed by atoms with Crippen LogP contribution in [0.25, 0.3) is 6.08 Å². The fourth-order valence-electron chi connectivity index (χ4n) is 2.63. The highest BCUT2D eigenvalue weighted by Gasteiger charge is 2.15. The number of ether oxygens (including phenoxy) is 1. The molecule has 0 aliphatic carbocycles. The average Bonchev–Trinajstić information content (AvgIpc) is 2.73. The highest BCUT2D eigenvalue weighted by molar-refractivity contribution is 7.92. The number of anilines is 1. The summed E-state index contributed by atoms with van der Waals surface area (Å²) in [6, 6.07) is 15.1. The summed E-state index contributed by atoms with van der Waals surface area (Å²) in [5, 5.41) is 9.62. The van der Waals surface area contributed by atoms with E-state index in [1.807, 2.05) is 0 Å². The van der Waals surface area contributed by atoms with E-state index in [4.69, 9.17) is 4.74 Å². The van der Waals surface area contributed by atoms with Crippen LogP contribution in [0.4, 0.5) is 10.1 Å². The molecule has 0 amide bonds. The Kier molecular flexibility index (Phi) is 6.17. The van der Waals surface area contributed by atoms with Gasteiger partial charge in [0.2, 0.25) is 0 Å². The molecule has 0 heterocycles. The summed E-state index contributed by atoms with van der Waals surface area (Å²) in [5.41, 5.74) is 1.12. The molecule has 6 nitrogen and oxygen atoms in total. The number of halogens is 1. The van der Waals surface area contributed by atoms with Crippen LogP contribution in [0.2, 0.25) is 0 Å². The number of rotatable bonds is 7. The number of aromatic hydroxyl groups is 1. The Hall–Kier alpha value is -3.65. The molecule has 0 saturated carbocycles. The van der Waals surface area contributed by atoms with E-state index in [9.17, 15) is 22.7 Å². The van der Waals surface area contributed by atoms with Crippen molar-refractivity contribution < 1.29 is 27.4 Å². The zero-order chi connectivity index (χ0) is 21.7. The summed E-state index contributed by atoms with van der Waals surface area (Å²) in [5.74, 6) is -0.617. The molecule has 30 heavy (non-hydrogen) atoms. The van der Waals surface area contributed by atoms with Crippen LogP contribution in [0.5, 0.6) is 11.5 Å². The van der Waals surface area contributed by atoms with Gasteiger partial charge in [-0.05, 0) is 60.2 Å². The molecule has 8 heteroatoms. The first-order chi connectivity index (χ1) is 14.3. The molecule has 0 aliphatic heterocycles. The van der Waals surface area contributed by atoms with Crippen molar-refractivity contribution in [3.63, 3.8) is 0 Å². The number of hydrogen-bond donors (Lipinski definition) is 2.